The summed E-state index contributed by atoms with van der Waals surface area (Å²) in [4.78, 5) is 0. The highest BCUT2D eigenvalue weighted by Crippen LogP contribution is 2.22. The highest BCUT2D eigenvalue weighted by Gasteiger charge is 2.33. The van der Waals surface area contributed by atoms with E-state index in [1.165, 1.54) is 0 Å². The van der Waals surface area contributed by atoms with Gasteiger partial charge in [0.25, 0.3) is 10.2 Å². The Morgan fingerprint density at radius 1 is 1.11 bits per heavy atom. The van der Waals surface area contributed by atoms with E-state index in [9.17, 15) is 8.42 Å². The molecule has 2 aliphatic rings. The molecule has 2 aliphatic heterocycles. The first-order valence-electron chi connectivity index (χ1n) is 6.67. The zero-order valence-electron chi connectivity index (χ0n) is 10.8. The van der Waals surface area contributed by atoms with Crippen molar-refractivity contribution >= 4 is 22.0 Å². The van der Waals surface area contributed by atoms with Crippen LogP contribution in [0.1, 0.15) is 19.3 Å². The Labute approximate surface area is 114 Å². The van der Waals surface area contributed by atoms with Crippen molar-refractivity contribution in [2.45, 2.75) is 19.3 Å². The molecular weight excluding hydrogens is 270 g/mol. The van der Waals surface area contributed by atoms with Crippen LogP contribution in [0.25, 0.3) is 0 Å². The lowest BCUT2D eigenvalue weighted by Gasteiger charge is -2.34. The molecule has 0 radical (unpaired) electrons. The van der Waals surface area contributed by atoms with Crippen molar-refractivity contribution in [3.8, 4) is 0 Å². The summed E-state index contributed by atoms with van der Waals surface area (Å²) in [6.45, 7) is 3.16. The van der Waals surface area contributed by atoms with E-state index < -0.39 is 10.2 Å². The normalized spacial score (nSPS) is 29.1. The average Bonchev–Trinajstić information content (AvgIpc) is 2.68. The van der Waals surface area contributed by atoms with E-state index in [1.807, 2.05) is 11.8 Å². The van der Waals surface area contributed by atoms with E-state index in [2.05, 4.69) is 0 Å². The van der Waals surface area contributed by atoms with Crippen LogP contribution in [-0.2, 0) is 10.2 Å². The largest absolute Gasteiger partial charge is 0.330 e. The Kier molecular flexibility index (Phi) is 5.32. The fraction of sp³-hybridized carbons (Fsp3) is 1.00. The maximum atomic E-state index is 12.6. The van der Waals surface area contributed by atoms with Gasteiger partial charge in [0, 0.05) is 31.9 Å². The van der Waals surface area contributed by atoms with Gasteiger partial charge in [-0.15, -0.1) is 0 Å². The second-order valence-corrected chi connectivity index (χ2v) is 8.13. The molecule has 5 nitrogen and oxygen atoms in total. The first kappa shape index (κ1) is 14.6. The molecule has 1 unspecified atom stereocenters. The minimum absolute atomic E-state index is 0.329. The van der Waals surface area contributed by atoms with Gasteiger partial charge < -0.3 is 5.73 Å². The molecule has 7 heteroatoms. The number of thioether (sulfide) groups is 1. The fourth-order valence-corrected chi connectivity index (χ4v) is 5.32. The highest BCUT2D eigenvalue weighted by atomic mass is 32.2. The van der Waals surface area contributed by atoms with Gasteiger partial charge in [0.2, 0.25) is 0 Å². The predicted octanol–water partition coefficient (Wildman–Crippen LogP) is 0.341. The topological polar surface area (TPSA) is 66.6 Å². The van der Waals surface area contributed by atoms with Crippen molar-refractivity contribution in [2.24, 2.45) is 11.7 Å². The molecule has 2 N–H and O–H groups in total. The van der Waals surface area contributed by atoms with E-state index >= 15 is 0 Å². The predicted molar refractivity (Wildman–Crippen MR) is 75.8 cm³/mol. The van der Waals surface area contributed by atoms with E-state index in [4.69, 9.17) is 5.73 Å². The van der Waals surface area contributed by atoms with Crippen molar-refractivity contribution in [3.05, 3.63) is 0 Å². The molecule has 0 aromatic carbocycles. The minimum atomic E-state index is -3.25. The lowest BCUT2D eigenvalue weighted by molar-refractivity contribution is 0.252. The van der Waals surface area contributed by atoms with Gasteiger partial charge >= 0.3 is 0 Å². The Hall–Kier alpha value is 0.180. The van der Waals surface area contributed by atoms with E-state index in [0.717, 1.165) is 30.8 Å². The molecule has 0 aromatic rings. The van der Waals surface area contributed by atoms with Crippen molar-refractivity contribution in [1.82, 2.24) is 8.61 Å². The molecule has 0 aliphatic carbocycles. The van der Waals surface area contributed by atoms with E-state index in [-0.39, 0.29) is 0 Å². The molecule has 1 atom stereocenters. The molecule has 0 saturated carbocycles. The van der Waals surface area contributed by atoms with Gasteiger partial charge in [0.1, 0.15) is 0 Å². The molecular formula is C11H23N3O2S2. The van der Waals surface area contributed by atoms with Crippen LogP contribution in [0.3, 0.4) is 0 Å². The zero-order valence-corrected chi connectivity index (χ0v) is 12.4. The number of piperidine rings is 1. The molecule has 0 spiro atoms. The van der Waals surface area contributed by atoms with Crippen molar-refractivity contribution in [1.29, 1.82) is 0 Å². The average molecular weight is 293 g/mol. The molecule has 0 amide bonds. The van der Waals surface area contributed by atoms with Crippen molar-refractivity contribution < 1.29 is 8.42 Å². The fourth-order valence-electron chi connectivity index (χ4n) is 2.55. The summed E-state index contributed by atoms with van der Waals surface area (Å²) in [6.07, 6.45) is 2.94. The lowest BCUT2D eigenvalue weighted by atomic mass is 10.0. The minimum Gasteiger partial charge on any atom is -0.330 e. The van der Waals surface area contributed by atoms with Crippen molar-refractivity contribution in [2.75, 3.05) is 44.2 Å². The molecule has 2 saturated heterocycles. The molecule has 0 aromatic heterocycles. The third-order valence-electron chi connectivity index (χ3n) is 3.65. The summed E-state index contributed by atoms with van der Waals surface area (Å²) in [5, 5.41) is 0. The van der Waals surface area contributed by atoms with Gasteiger partial charge in [0.15, 0.2) is 0 Å². The van der Waals surface area contributed by atoms with Crippen LogP contribution in [0.5, 0.6) is 0 Å². The molecule has 0 bridgehead atoms. The summed E-state index contributed by atoms with van der Waals surface area (Å²) in [6, 6.07) is 0. The third kappa shape index (κ3) is 3.39. The van der Waals surface area contributed by atoms with Gasteiger partial charge in [-0.25, -0.2) is 0 Å². The third-order valence-corrected chi connectivity index (χ3v) is 6.70. The number of hydrogen-bond acceptors (Lipinski definition) is 4. The van der Waals surface area contributed by atoms with Crippen LogP contribution >= 0.6 is 11.8 Å². The van der Waals surface area contributed by atoms with Crippen LogP contribution in [-0.4, -0.2) is 61.3 Å². The quantitative estimate of drug-likeness (QED) is 0.815. The second kappa shape index (κ2) is 6.56. The monoisotopic (exact) mass is 293 g/mol. The second-order valence-electron chi connectivity index (χ2n) is 4.97. The van der Waals surface area contributed by atoms with Gasteiger partial charge in [-0.1, -0.05) is 0 Å². The molecule has 2 heterocycles. The maximum absolute atomic E-state index is 12.6. The van der Waals surface area contributed by atoms with Crippen LogP contribution in [0.2, 0.25) is 0 Å². The zero-order chi connectivity index (χ0) is 13.0. The lowest BCUT2D eigenvalue weighted by Crippen LogP contribution is -2.49. The van der Waals surface area contributed by atoms with Crippen LogP contribution in [0.4, 0.5) is 0 Å². The standard InChI is InChI=1S/C11H23N3O2S2/c12-9-11-3-1-4-14(10-11)18(15,16)13-5-2-7-17-8-6-13/h11H,1-10,12H2. The number of hydrogen-bond donors (Lipinski definition) is 1. The highest BCUT2D eigenvalue weighted by molar-refractivity contribution is 7.99. The van der Waals surface area contributed by atoms with Crippen LogP contribution in [0, 0.1) is 5.92 Å². The van der Waals surface area contributed by atoms with E-state index in [0.29, 0.717) is 38.6 Å². The van der Waals surface area contributed by atoms with Crippen molar-refractivity contribution in [3.63, 3.8) is 0 Å². The Morgan fingerprint density at radius 2 is 1.89 bits per heavy atom. The maximum Gasteiger partial charge on any atom is 0.282 e. The number of rotatable bonds is 3. The van der Waals surface area contributed by atoms with Gasteiger partial charge in [-0.05, 0) is 37.5 Å². The SMILES string of the molecule is NCC1CCCN(S(=O)(=O)N2CCCSCC2)C1. The summed E-state index contributed by atoms with van der Waals surface area (Å²) >= 11 is 1.84. The Bertz CT molecular complexity index is 353. The summed E-state index contributed by atoms with van der Waals surface area (Å²) in [5.74, 6) is 2.31. The molecule has 18 heavy (non-hydrogen) atoms. The smallest absolute Gasteiger partial charge is 0.282 e. The summed E-state index contributed by atoms with van der Waals surface area (Å²) in [7, 11) is -3.25. The first-order valence-corrected chi connectivity index (χ1v) is 9.23. The van der Waals surface area contributed by atoms with Crippen LogP contribution < -0.4 is 5.73 Å². The molecule has 2 rings (SSSR count). The first-order chi connectivity index (χ1) is 8.64. The number of nitrogens with zero attached hydrogens (tertiary/aromatic N) is 2. The van der Waals surface area contributed by atoms with E-state index in [1.54, 1.807) is 8.61 Å². The number of nitrogens with two attached hydrogens (primary N) is 1. The Balaban J connectivity index is 2.04. The van der Waals surface area contributed by atoms with Gasteiger partial charge in [0.05, 0.1) is 0 Å². The van der Waals surface area contributed by atoms with Crippen LogP contribution in [0.15, 0.2) is 0 Å². The molecule has 2 fully saturated rings. The summed E-state index contributed by atoms with van der Waals surface area (Å²) < 4.78 is 28.4. The van der Waals surface area contributed by atoms with Gasteiger partial charge in [-0.3, -0.25) is 0 Å². The Morgan fingerprint density at radius 3 is 2.67 bits per heavy atom. The molecule has 106 valence electrons. The van der Waals surface area contributed by atoms with Gasteiger partial charge in [-0.2, -0.15) is 28.8 Å². The summed E-state index contributed by atoms with van der Waals surface area (Å²) in [5.41, 5.74) is 5.67.